The van der Waals surface area contributed by atoms with Crippen LogP contribution in [0.15, 0.2) is 43.2 Å². The van der Waals surface area contributed by atoms with E-state index in [2.05, 4.69) is 27.2 Å². The first-order valence-electron chi connectivity index (χ1n) is 6.42. The molecule has 1 amide bonds. The third-order valence-corrected chi connectivity index (χ3v) is 2.95. The van der Waals surface area contributed by atoms with Crippen molar-refractivity contribution in [3.63, 3.8) is 0 Å². The summed E-state index contributed by atoms with van der Waals surface area (Å²) in [5, 5.41) is 6.01. The molecule has 1 aromatic carbocycles. The molecular weight excluding hydrogens is 252 g/mol. The van der Waals surface area contributed by atoms with Crippen molar-refractivity contribution < 1.29 is 4.79 Å². The van der Waals surface area contributed by atoms with E-state index < -0.39 is 0 Å². The number of aromatic nitrogens is 2. The number of nitrogens with one attached hydrogen (secondary N) is 3. The second-order valence-corrected chi connectivity index (χ2v) is 4.40. The molecule has 0 saturated heterocycles. The Morgan fingerprint density at radius 2 is 2.15 bits per heavy atom. The molecule has 3 N–H and O–H groups in total. The first-order valence-corrected chi connectivity index (χ1v) is 6.42. The Kier molecular flexibility index (Phi) is 4.55. The van der Waals surface area contributed by atoms with Gasteiger partial charge in [-0.1, -0.05) is 6.08 Å². The molecule has 104 valence electrons. The van der Waals surface area contributed by atoms with Gasteiger partial charge in [0, 0.05) is 23.5 Å². The van der Waals surface area contributed by atoms with Crippen LogP contribution in [0.2, 0.25) is 0 Å². The van der Waals surface area contributed by atoms with Gasteiger partial charge in [0.15, 0.2) is 0 Å². The maximum absolute atomic E-state index is 11.7. The molecule has 0 saturated carbocycles. The van der Waals surface area contributed by atoms with E-state index in [0.29, 0.717) is 18.7 Å². The number of amides is 1. The van der Waals surface area contributed by atoms with Crippen LogP contribution in [0.25, 0.3) is 0 Å². The summed E-state index contributed by atoms with van der Waals surface area (Å²) in [6, 6.07) is 7.34. The number of aromatic amines is 1. The maximum Gasteiger partial charge on any atom is 0.251 e. The van der Waals surface area contributed by atoms with Crippen LogP contribution < -0.4 is 10.6 Å². The standard InChI is InChI=1S/C15H18N4O/c1-3-8-16-15(20)12-4-6-13(7-5-12)17-9-14-11(2)18-10-19-14/h3-7,10,17H,1,8-9H2,2H3,(H,16,20)(H,18,19). The highest BCUT2D eigenvalue weighted by Gasteiger charge is 2.04. The number of carbonyl (C=O) groups is 1. The first-order chi connectivity index (χ1) is 9.70. The number of imidazole rings is 1. The Bertz CT molecular complexity index is 586. The Balaban J connectivity index is 1.93. The van der Waals surface area contributed by atoms with Crippen molar-refractivity contribution in [2.45, 2.75) is 13.5 Å². The lowest BCUT2D eigenvalue weighted by atomic mass is 10.2. The zero-order valence-electron chi connectivity index (χ0n) is 11.4. The van der Waals surface area contributed by atoms with Crippen molar-refractivity contribution in [2.24, 2.45) is 0 Å². The molecule has 1 heterocycles. The molecular formula is C15H18N4O. The summed E-state index contributed by atoms with van der Waals surface area (Å²) in [5.74, 6) is -0.0976. The van der Waals surface area contributed by atoms with Crippen LogP contribution in [0.5, 0.6) is 0 Å². The van der Waals surface area contributed by atoms with Gasteiger partial charge in [0.1, 0.15) is 0 Å². The highest BCUT2D eigenvalue weighted by molar-refractivity contribution is 5.94. The quantitative estimate of drug-likeness (QED) is 0.705. The largest absolute Gasteiger partial charge is 0.379 e. The second kappa shape index (κ2) is 6.56. The van der Waals surface area contributed by atoms with E-state index in [1.807, 2.05) is 19.1 Å². The Labute approximate surface area is 118 Å². The molecule has 0 unspecified atom stereocenters. The van der Waals surface area contributed by atoms with Crippen molar-refractivity contribution in [1.82, 2.24) is 15.3 Å². The van der Waals surface area contributed by atoms with E-state index >= 15 is 0 Å². The number of anilines is 1. The van der Waals surface area contributed by atoms with Crippen LogP contribution in [0.4, 0.5) is 5.69 Å². The fourth-order valence-corrected chi connectivity index (χ4v) is 1.76. The SMILES string of the molecule is C=CCNC(=O)c1ccc(NCc2nc[nH]c2C)cc1. The average molecular weight is 270 g/mol. The first kappa shape index (κ1) is 13.9. The van der Waals surface area contributed by atoms with Gasteiger partial charge in [-0.2, -0.15) is 0 Å². The molecule has 0 fully saturated rings. The molecule has 1 aromatic heterocycles. The monoisotopic (exact) mass is 270 g/mol. The smallest absolute Gasteiger partial charge is 0.251 e. The molecule has 0 atom stereocenters. The van der Waals surface area contributed by atoms with Crippen LogP contribution in [-0.2, 0) is 6.54 Å². The molecule has 2 rings (SSSR count). The minimum absolute atomic E-state index is 0.0976. The van der Waals surface area contributed by atoms with Crippen LogP contribution in [-0.4, -0.2) is 22.4 Å². The summed E-state index contributed by atoms with van der Waals surface area (Å²) in [4.78, 5) is 19.0. The number of H-pyrrole nitrogens is 1. The van der Waals surface area contributed by atoms with Gasteiger partial charge < -0.3 is 15.6 Å². The van der Waals surface area contributed by atoms with E-state index in [9.17, 15) is 4.79 Å². The molecule has 0 bridgehead atoms. The fraction of sp³-hybridized carbons (Fsp3) is 0.200. The summed E-state index contributed by atoms with van der Waals surface area (Å²) in [5.41, 5.74) is 3.62. The minimum atomic E-state index is -0.0976. The number of carbonyl (C=O) groups excluding carboxylic acids is 1. The van der Waals surface area contributed by atoms with Gasteiger partial charge >= 0.3 is 0 Å². The van der Waals surface area contributed by atoms with Gasteiger partial charge in [0.25, 0.3) is 5.91 Å². The van der Waals surface area contributed by atoms with Gasteiger partial charge in [-0.3, -0.25) is 4.79 Å². The molecule has 2 aromatic rings. The molecule has 5 nitrogen and oxygen atoms in total. The van der Waals surface area contributed by atoms with Crippen molar-refractivity contribution in [2.75, 3.05) is 11.9 Å². The number of benzene rings is 1. The highest BCUT2D eigenvalue weighted by Crippen LogP contribution is 2.11. The van der Waals surface area contributed by atoms with E-state index in [4.69, 9.17) is 0 Å². The number of hydrogen-bond donors (Lipinski definition) is 3. The molecule has 0 radical (unpaired) electrons. The Morgan fingerprint density at radius 3 is 2.75 bits per heavy atom. The summed E-state index contributed by atoms with van der Waals surface area (Å²) < 4.78 is 0. The molecule has 0 spiro atoms. The average Bonchev–Trinajstić information content (AvgIpc) is 2.88. The molecule has 5 heteroatoms. The summed E-state index contributed by atoms with van der Waals surface area (Å²) in [7, 11) is 0. The van der Waals surface area contributed by atoms with E-state index in [1.165, 1.54) is 0 Å². The van der Waals surface area contributed by atoms with Gasteiger partial charge in [-0.25, -0.2) is 4.98 Å². The van der Waals surface area contributed by atoms with E-state index in [1.54, 1.807) is 24.5 Å². The topological polar surface area (TPSA) is 69.8 Å². The van der Waals surface area contributed by atoms with Crippen molar-refractivity contribution >= 4 is 11.6 Å². The number of nitrogens with zero attached hydrogens (tertiary/aromatic N) is 1. The predicted octanol–water partition coefficient (Wildman–Crippen LogP) is 2.25. The number of aryl methyl sites for hydroxylation is 1. The van der Waals surface area contributed by atoms with Crippen molar-refractivity contribution in [3.8, 4) is 0 Å². The van der Waals surface area contributed by atoms with Gasteiger partial charge in [-0.05, 0) is 31.2 Å². The molecule has 0 aliphatic heterocycles. The predicted molar refractivity (Wildman–Crippen MR) is 79.6 cm³/mol. The lowest BCUT2D eigenvalue weighted by molar-refractivity contribution is 0.0958. The van der Waals surface area contributed by atoms with Crippen molar-refractivity contribution in [3.05, 3.63) is 60.2 Å². The third-order valence-electron chi connectivity index (χ3n) is 2.95. The normalized spacial score (nSPS) is 10.1. The lowest BCUT2D eigenvalue weighted by Gasteiger charge is -2.07. The maximum atomic E-state index is 11.7. The summed E-state index contributed by atoms with van der Waals surface area (Å²) >= 11 is 0. The van der Waals surface area contributed by atoms with Gasteiger partial charge in [0.2, 0.25) is 0 Å². The second-order valence-electron chi connectivity index (χ2n) is 4.40. The van der Waals surface area contributed by atoms with E-state index in [-0.39, 0.29) is 5.91 Å². The number of hydrogen-bond acceptors (Lipinski definition) is 3. The Morgan fingerprint density at radius 1 is 1.40 bits per heavy atom. The molecule has 0 aliphatic rings. The molecule has 0 aliphatic carbocycles. The van der Waals surface area contributed by atoms with Crippen LogP contribution >= 0.6 is 0 Å². The zero-order chi connectivity index (χ0) is 14.4. The van der Waals surface area contributed by atoms with Gasteiger partial charge in [-0.15, -0.1) is 6.58 Å². The van der Waals surface area contributed by atoms with Crippen LogP contribution in [0.3, 0.4) is 0 Å². The van der Waals surface area contributed by atoms with E-state index in [0.717, 1.165) is 17.1 Å². The third kappa shape index (κ3) is 3.47. The zero-order valence-corrected chi connectivity index (χ0v) is 11.4. The fourth-order valence-electron chi connectivity index (χ4n) is 1.76. The minimum Gasteiger partial charge on any atom is -0.379 e. The van der Waals surface area contributed by atoms with Gasteiger partial charge in [0.05, 0.1) is 18.6 Å². The highest BCUT2D eigenvalue weighted by atomic mass is 16.1. The Hall–Kier alpha value is -2.56. The summed E-state index contributed by atoms with van der Waals surface area (Å²) in [6.45, 7) is 6.67. The lowest BCUT2D eigenvalue weighted by Crippen LogP contribution is -2.23. The van der Waals surface area contributed by atoms with Crippen LogP contribution in [0, 0.1) is 6.92 Å². The summed E-state index contributed by atoms with van der Waals surface area (Å²) in [6.07, 6.45) is 3.33. The molecule has 20 heavy (non-hydrogen) atoms. The van der Waals surface area contributed by atoms with Crippen LogP contribution in [0.1, 0.15) is 21.7 Å². The van der Waals surface area contributed by atoms with Crippen molar-refractivity contribution in [1.29, 1.82) is 0 Å². The number of rotatable bonds is 6.